The summed E-state index contributed by atoms with van der Waals surface area (Å²) in [5.74, 6) is 0. The van der Waals surface area contributed by atoms with Crippen LogP contribution >= 0.6 is 0 Å². The van der Waals surface area contributed by atoms with Gasteiger partial charge in [0.2, 0.25) is 0 Å². The van der Waals surface area contributed by atoms with Crippen LogP contribution < -0.4 is 5.32 Å². The number of rotatable bonds is 40. The molecule has 8 aromatic carbocycles. The van der Waals surface area contributed by atoms with E-state index in [1.807, 2.05) is 146 Å². The molecule has 10 atom stereocenters. The van der Waals surface area contributed by atoms with Crippen molar-refractivity contribution in [3.8, 4) is 0 Å². The fourth-order valence-electron chi connectivity index (χ4n) is 12.4. The van der Waals surface area contributed by atoms with Gasteiger partial charge in [-0.2, -0.15) is 0 Å². The summed E-state index contributed by atoms with van der Waals surface area (Å²) in [5, 5.41) is 11.9. The van der Waals surface area contributed by atoms with E-state index >= 15 is 0 Å². The van der Waals surface area contributed by atoms with Crippen molar-refractivity contribution in [2.45, 2.75) is 159 Å². The second kappa shape index (κ2) is 39.5. The Hall–Kier alpha value is -7.41. The molecule has 2 aliphatic rings. The lowest BCUT2D eigenvalue weighted by Gasteiger charge is -2.46. The molecule has 2 heterocycles. The number of hydrogen-bond donors (Lipinski definition) is 2. The number of carbonyl (C=O) groups is 1. The molecular formula is C80H94N2O12. The van der Waals surface area contributed by atoms with Gasteiger partial charge >= 0.3 is 6.09 Å². The quantitative estimate of drug-likeness (QED) is 0.0352. The van der Waals surface area contributed by atoms with Crippen LogP contribution in [0.1, 0.15) is 89.5 Å². The second-order valence-electron chi connectivity index (χ2n) is 24.4. The Kier molecular flexibility index (Phi) is 29.1. The molecule has 14 heteroatoms. The van der Waals surface area contributed by atoms with Crippen molar-refractivity contribution in [1.82, 2.24) is 10.2 Å². The van der Waals surface area contributed by atoms with Crippen LogP contribution in [-0.2, 0) is 100 Å². The lowest BCUT2D eigenvalue weighted by molar-refractivity contribution is -0.274. The molecule has 14 nitrogen and oxygen atoms in total. The molecule has 2 saturated heterocycles. The summed E-state index contributed by atoms with van der Waals surface area (Å²) in [6.07, 6.45) is -0.543. The van der Waals surface area contributed by atoms with E-state index in [4.69, 9.17) is 47.4 Å². The Morgan fingerprint density at radius 3 is 0.862 bits per heavy atom. The van der Waals surface area contributed by atoms with Crippen LogP contribution in [0.3, 0.4) is 0 Å². The zero-order valence-electron chi connectivity index (χ0n) is 54.1. The average molecular weight is 1280 g/mol. The predicted octanol–water partition coefficient (Wildman–Crippen LogP) is 14.8. The number of nitrogens with zero attached hydrogens (tertiary/aromatic N) is 1. The first-order valence-corrected chi connectivity index (χ1v) is 33.6. The highest BCUT2D eigenvalue weighted by atomic mass is 16.6. The molecule has 2 N–H and O–H groups in total. The Morgan fingerprint density at radius 1 is 0.319 bits per heavy atom. The second-order valence-corrected chi connectivity index (χ2v) is 24.4. The molecular weight excluding hydrogens is 1180 g/mol. The molecule has 0 bridgehead atoms. The number of ether oxygens (including phenoxy) is 10. The van der Waals surface area contributed by atoms with Crippen molar-refractivity contribution in [2.75, 3.05) is 39.4 Å². The van der Waals surface area contributed by atoms with Gasteiger partial charge in [0.05, 0.1) is 78.3 Å². The molecule has 94 heavy (non-hydrogen) atoms. The minimum Gasteiger partial charge on any atom is -0.465 e. The first-order valence-electron chi connectivity index (χ1n) is 33.6. The smallest absolute Gasteiger partial charge is 0.404 e. The fourth-order valence-corrected chi connectivity index (χ4v) is 12.4. The van der Waals surface area contributed by atoms with Crippen LogP contribution in [0, 0.1) is 0 Å². The van der Waals surface area contributed by atoms with Gasteiger partial charge in [0.25, 0.3) is 0 Å². The minimum atomic E-state index is -1.01. The Balaban J connectivity index is 0.911. The first-order chi connectivity index (χ1) is 46.5. The summed E-state index contributed by atoms with van der Waals surface area (Å²) in [6.45, 7) is 6.28. The third-order valence-electron chi connectivity index (χ3n) is 17.3. The van der Waals surface area contributed by atoms with Crippen LogP contribution in [0.4, 0.5) is 4.79 Å². The Bertz CT molecular complexity index is 3070. The highest BCUT2D eigenvalue weighted by Crippen LogP contribution is 2.35. The van der Waals surface area contributed by atoms with Crippen molar-refractivity contribution in [3.63, 3.8) is 0 Å². The van der Waals surface area contributed by atoms with E-state index in [9.17, 15) is 9.90 Å². The lowest BCUT2D eigenvalue weighted by Crippen LogP contribution is -2.61. The first kappa shape index (κ1) is 69.4. The van der Waals surface area contributed by atoms with E-state index in [2.05, 4.69) is 107 Å². The van der Waals surface area contributed by atoms with Gasteiger partial charge in [-0.3, -0.25) is 0 Å². The molecule has 0 unspecified atom stereocenters. The Morgan fingerprint density at radius 2 is 0.574 bits per heavy atom. The van der Waals surface area contributed by atoms with Crippen molar-refractivity contribution in [2.24, 2.45) is 0 Å². The van der Waals surface area contributed by atoms with Crippen LogP contribution in [0.25, 0.3) is 0 Å². The zero-order valence-corrected chi connectivity index (χ0v) is 54.1. The fraction of sp³-hybridized carbons (Fsp3) is 0.388. The monoisotopic (exact) mass is 1270 g/mol. The molecule has 0 aliphatic carbocycles. The predicted molar refractivity (Wildman–Crippen MR) is 364 cm³/mol. The number of amides is 1. The summed E-state index contributed by atoms with van der Waals surface area (Å²) in [5.41, 5.74) is 8.42. The summed E-state index contributed by atoms with van der Waals surface area (Å²) in [7, 11) is 0. The largest absolute Gasteiger partial charge is 0.465 e. The van der Waals surface area contributed by atoms with E-state index in [0.717, 1.165) is 96.2 Å². The topological polar surface area (TPSA) is 145 Å². The van der Waals surface area contributed by atoms with Gasteiger partial charge < -0.3 is 62.7 Å². The van der Waals surface area contributed by atoms with E-state index in [1.54, 1.807) is 0 Å². The molecule has 0 aromatic heterocycles. The van der Waals surface area contributed by atoms with Crippen molar-refractivity contribution in [3.05, 3.63) is 287 Å². The third-order valence-corrected chi connectivity index (χ3v) is 17.3. The van der Waals surface area contributed by atoms with Crippen molar-refractivity contribution >= 4 is 6.09 Å². The molecule has 0 saturated carbocycles. The Labute approximate surface area is 556 Å². The standard InChI is InChI=1S/C80H94N2O12/c83-80(84)81-48-26-9-27-49-82(50-28-46-70-74(87-54-64-34-14-3-15-35-64)78(91-58-68-42-22-7-23-43-68)76(89-56-66-38-18-5-19-39-66)72(93-70)60-85-52-62-30-10-1-11-31-62)51-29-47-71-75(88-55-65-36-16-4-17-37-65)79(92-59-69-44-24-8-25-45-69)77(90-57-67-40-20-6-21-41-67)73(94-71)61-86-53-63-32-12-2-13-33-63/h1-8,10-25,30-45,70-79,81H,9,26-29,46-61H2,(H,83,84)/t70-,71+,72-,73+,74-,75+,76-,77+,78-,79+. The molecule has 0 spiro atoms. The van der Waals surface area contributed by atoms with E-state index < -0.39 is 54.9 Å². The van der Waals surface area contributed by atoms with Gasteiger partial charge in [0.15, 0.2) is 0 Å². The van der Waals surface area contributed by atoms with Crippen LogP contribution in [0.2, 0.25) is 0 Å². The molecule has 8 aromatic rings. The normalized spacial score (nSPS) is 21.2. The van der Waals surface area contributed by atoms with Crippen molar-refractivity contribution < 1.29 is 57.3 Å². The van der Waals surface area contributed by atoms with Crippen molar-refractivity contribution in [1.29, 1.82) is 0 Å². The maximum atomic E-state index is 11.4. The van der Waals surface area contributed by atoms with Crippen LogP contribution in [0.5, 0.6) is 0 Å². The van der Waals surface area contributed by atoms with Gasteiger partial charge in [-0.15, -0.1) is 0 Å². The van der Waals surface area contributed by atoms with E-state index in [0.29, 0.717) is 72.2 Å². The minimum absolute atomic E-state index is 0.279. The van der Waals surface area contributed by atoms with Gasteiger partial charge in [0.1, 0.15) is 48.8 Å². The summed E-state index contributed by atoms with van der Waals surface area (Å²) >= 11 is 0. The number of nitrogens with one attached hydrogen (secondary N) is 1. The van der Waals surface area contributed by atoms with Gasteiger partial charge in [-0.25, -0.2) is 4.79 Å². The summed E-state index contributed by atoms with van der Waals surface area (Å²) < 4.78 is 70.3. The maximum Gasteiger partial charge on any atom is 0.404 e. The summed E-state index contributed by atoms with van der Waals surface area (Å²) in [4.78, 5) is 14.0. The highest BCUT2D eigenvalue weighted by molar-refractivity contribution is 5.64. The lowest BCUT2D eigenvalue weighted by atomic mass is 9.91. The number of benzene rings is 8. The SMILES string of the molecule is O=C(O)NCCCCCN(CCC[C@@H]1O[C@@H](COCc2ccccc2)[C@H](OCc2ccccc2)[C@@H](OCc2ccccc2)[C@H]1OCc1ccccc1)CCC[C@H]1O[C@H](COCc2ccccc2)[C@@H](OCc2ccccc2)[C@H](OCc2ccccc2)[C@@H]1OCc1ccccc1. The van der Waals surface area contributed by atoms with E-state index in [-0.39, 0.29) is 25.4 Å². The molecule has 2 aliphatic heterocycles. The molecule has 1 amide bonds. The van der Waals surface area contributed by atoms with Crippen LogP contribution in [-0.4, -0.2) is 117 Å². The molecule has 10 rings (SSSR count). The third kappa shape index (κ3) is 23.2. The number of unbranched alkanes of at least 4 members (excludes halogenated alkanes) is 2. The van der Waals surface area contributed by atoms with Crippen LogP contribution in [0.15, 0.2) is 243 Å². The zero-order chi connectivity index (χ0) is 64.5. The van der Waals surface area contributed by atoms with Gasteiger partial charge in [-0.05, 0) is 103 Å². The maximum absolute atomic E-state index is 11.4. The van der Waals surface area contributed by atoms with Gasteiger partial charge in [-0.1, -0.05) is 249 Å². The summed E-state index contributed by atoms with van der Waals surface area (Å²) in [6, 6.07) is 81.9. The highest BCUT2D eigenvalue weighted by Gasteiger charge is 2.50. The number of carboxylic acid groups (broad SMARTS) is 1. The molecule has 0 radical (unpaired) electrons. The number of hydrogen-bond acceptors (Lipinski definition) is 12. The van der Waals surface area contributed by atoms with E-state index in [1.165, 1.54) is 0 Å². The van der Waals surface area contributed by atoms with Gasteiger partial charge in [0, 0.05) is 6.54 Å². The molecule has 496 valence electrons. The molecule has 2 fully saturated rings. The average Bonchev–Trinajstić information content (AvgIpc) is 0.814.